The smallest absolute Gasteiger partial charge is 0.343 e. The van der Waals surface area contributed by atoms with E-state index >= 15 is 0 Å². The molecule has 1 atom stereocenters. The fourth-order valence-corrected chi connectivity index (χ4v) is 5.05. The van der Waals surface area contributed by atoms with Crippen LogP contribution in [0.25, 0.3) is 0 Å². The Morgan fingerprint density at radius 3 is 2.00 bits per heavy atom. The molecule has 3 aromatic carbocycles. The number of rotatable bonds is 7. The van der Waals surface area contributed by atoms with Crippen molar-refractivity contribution >= 4 is 11.9 Å². The third kappa shape index (κ3) is 4.70. The van der Waals surface area contributed by atoms with Gasteiger partial charge in [0.05, 0.1) is 13.2 Å². The van der Waals surface area contributed by atoms with E-state index in [0.717, 1.165) is 16.7 Å². The summed E-state index contributed by atoms with van der Waals surface area (Å²) in [5, 5.41) is 0. The molecule has 1 aliphatic rings. The van der Waals surface area contributed by atoms with Crippen molar-refractivity contribution in [2.75, 3.05) is 20.7 Å². The molecule has 0 saturated heterocycles. The number of hydrogen-bond acceptors (Lipinski definition) is 5. The van der Waals surface area contributed by atoms with E-state index in [4.69, 9.17) is 9.47 Å². The number of carbonyl (C=O) groups excluding carboxylic acids is 2. The Balaban J connectivity index is 1.73. The van der Waals surface area contributed by atoms with Crippen LogP contribution in [-0.2, 0) is 11.3 Å². The molecule has 0 bridgehead atoms. The molecule has 0 N–H and O–H groups in total. The molecule has 0 unspecified atom stereocenters. The van der Waals surface area contributed by atoms with Crippen molar-refractivity contribution in [3.05, 3.63) is 135 Å². The molecule has 0 fully saturated rings. The maximum Gasteiger partial charge on any atom is 0.343 e. The molecule has 1 amide bonds. The minimum atomic E-state index is -0.782. The Kier molecular flexibility index (Phi) is 7.09. The Labute approximate surface area is 220 Å². The van der Waals surface area contributed by atoms with Crippen molar-refractivity contribution in [3.8, 4) is 5.75 Å². The van der Waals surface area contributed by atoms with Crippen molar-refractivity contribution in [2.24, 2.45) is 0 Å². The normalized spacial score (nSPS) is 14.8. The highest BCUT2D eigenvalue weighted by atomic mass is 16.5. The standard InChI is InChI=1S/C31H28N2O5/c1-32-19-25(26(22-14-8-4-9-15-22)23-16-10-5-11-17-23)33-18-24(31(36)37-2)28(34)29(27(33)30(32)35)38-20-21-12-6-3-7-13-21/h3-18,25-26H,19-20H2,1-2H3/t25-/m1/s1. The van der Waals surface area contributed by atoms with Gasteiger partial charge in [0.25, 0.3) is 5.91 Å². The van der Waals surface area contributed by atoms with E-state index in [-0.39, 0.29) is 41.5 Å². The molecule has 0 aliphatic carbocycles. The van der Waals surface area contributed by atoms with Crippen LogP contribution in [0.4, 0.5) is 0 Å². The highest BCUT2D eigenvalue weighted by Gasteiger charge is 2.39. The number of methoxy groups -OCH3 is 1. The van der Waals surface area contributed by atoms with Crippen molar-refractivity contribution in [1.82, 2.24) is 9.47 Å². The number of hydrogen-bond donors (Lipinski definition) is 0. The summed E-state index contributed by atoms with van der Waals surface area (Å²) >= 11 is 0. The third-order valence-corrected chi connectivity index (χ3v) is 6.89. The molecule has 192 valence electrons. The lowest BCUT2D eigenvalue weighted by Crippen LogP contribution is -2.45. The van der Waals surface area contributed by atoms with Gasteiger partial charge >= 0.3 is 5.97 Å². The molecule has 1 aliphatic heterocycles. The number of pyridine rings is 1. The Morgan fingerprint density at radius 1 is 0.895 bits per heavy atom. The molecule has 0 saturated carbocycles. The molecule has 7 nitrogen and oxygen atoms in total. The predicted octanol–water partition coefficient (Wildman–Crippen LogP) is 4.67. The summed E-state index contributed by atoms with van der Waals surface area (Å²) < 4.78 is 12.7. The van der Waals surface area contributed by atoms with Gasteiger partial charge in [0.2, 0.25) is 5.43 Å². The second-order valence-electron chi connectivity index (χ2n) is 9.27. The average Bonchev–Trinajstić information content (AvgIpc) is 2.96. The zero-order chi connectivity index (χ0) is 26.6. The molecule has 1 aromatic heterocycles. The number of nitrogens with zero attached hydrogens (tertiary/aromatic N) is 2. The van der Waals surface area contributed by atoms with Crippen LogP contribution in [0, 0.1) is 0 Å². The van der Waals surface area contributed by atoms with E-state index < -0.39 is 11.4 Å². The molecular weight excluding hydrogens is 480 g/mol. The summed E-state index contributed by atoms with van der Waals surface area (Å²) in [7, 11) is 2.94. The van der Waals surface area contributed by atoms with E-state index in [1.807, 2.05) is 91.0 Å². The van der Waals surface area contributed by atoms with Crippen LogP contribution >= 0.6 is 0 Å². The molecule has 4 aromatic rings. The largest absolute Gasteiger partial charge is 0.483 e. The Bertz CT molecular complexity index is 1460. The molecule has 38 heavy (non-hydrogen) atoms. The van der Waals surface area contributed by atoms with Gasteiger partial charge in [-0.2, -0.15) is 0 Å². The van der Waals surface area contributed by atoms with Crippen LogP contribution in [-0.4, -0.2) is 42.0 Å². The van der Waals surface area contributed by atoms with E-state index in [1.54, 1.807) is 16.5 Å². The summed E-state index contributed by atoms with van der Waals surface area (Å²) in [5.74, 6) is -1.46. The van der Waals surface area contributed by atoms with Crippen LogP contribution in [0.15, 0.2) is 102 Å². The number of aromatic nitrogens is 1. The Hall–Kier alpha value is -4.65. The fourth-order valence-electron chi connectivity index (χ4n) is 5.05. The van der Waals surface area contributed by atoms with Crippen molar-refractivity contribution in [2.45, 2.75) is 18.6 Å². The minimum absolute atomic E-state index is 0.0656. The molecular formula is C31H28N2O5. The van der Waals surface area contributed by atoms with Crippen LogP contribution in [0.5, 0.6) is 5.75 Å². The number of carbonyl (C=O) groups is 2. The van der Waals surface area contributed by atoms with Crippen LogP contribution in [0.2, 0.25) is 0 Å². The maximum absolute atomic E-state index is 13.6. The van der Waals surface area contributed by atoms with E-state index in [1.165, 1.54) is 13.3 Å². The van der Waals surface area contributed by atoms with Gasteiger partial charge in [0.15, 0.2) is 11.4 Å². The van der Waals surface area contributed by atoms with E-state index in [9.17, 15) is 14.4 Å². The molecule has 0 radical (unpaired) electrons. The van der Waals surface area contributed by atoms with E-state index in [2.05, 4.69) is 0 Å². The average molecular weight is 509 g/mol. The molecule has 0 spiro atoms. The molecule has 5 rings (SSSR count). The summed E-state index contributed by atoms with van der Waals surface area (Å²) in [6, 6.07) is 29.0. The second kappa shape index (κ2) is 10.8. The maximum atomic E-state index is 13.6. The van der Waals surface area contributed by atoms with E-state index in [0.29, 0.717) is 6.54 Å². The summed E-state index contributed by atoms with van der Waals surface area (Å²) in [6.07, 6.45) is 1.45. The first-order chi connectivity index (χ1) is 18.5. The van der Waals surface area contributed by atoms with Crippen molar-refractivity contribution < 1.29 is 19.1 Å². The lowest BCUT2D eigenvalue weighted by Gasteiger charge is -2.39. The lowest BCUT2D eigenvalue weighted by atomic mass is 9.83. The number of esters is 1. The molecule has 2 heterocycles. The first-order valence-electron chi connectivity index (χ1n) is 12.4. The lowest BCUT2D eigenvalue weighted by molar-refractivity contribution is 0.0590. The number of ether oxygens (including phenoxy) is 2. The zero-order valence-corrected chi connectivity index (χ0v) is 21.2. The monoisotopic (exact) mass is 508 g/mol. The predicted molar refractivity (Wildman–Crippen MR) is 144 cm³/mol. The number of likely N-dealkylation sites (N-methyl/N-ethyl adjacent to an activating group) is 1. The highest BCUT2D eigenvalue weighted by Crippen LogP contribution is 2.40. The zero-order valence-electron chi connectivity index (χ0n) is 21.2. The van der Waals surface area contributed by atoms with Crippen LogP contribution in [0.3, 0.4) is 0 Å². The van der Waals surface area contributed by atoms with Gasteiger partial charge in [-0.15, -0.1) is 0 Å². The van der Waals surface area contributed by atoms with Crippen molar-refractivity contribution in [1.29, 1.82) is 0 Å². The number of benzene rings is 3. The number of fused-ring (bicyclic) bond motifs is 1. The second-order valence-corrected chi connectivity index (χ2v) is 9.27. The summed E-state index contributed by atoms with van der Waals surface area (Å²) in [4.78, 5) is 41.4. The Morgan fingerprint density at radius 2 is 1.45 bits per heavy atom. The number of amides is 1. The van der Waals surface area contributed by atoms with Gasteiger partial charge in [0, 0.05) is 25.7 Å². The quantitative estimate of drug-likeness (QED) is 0.339. The molecule has 7 heteroatoms. The SMILES string of the molecule is COC(=O)c1cn2c(c(OCc3ccccc3)c1=O)C(=O)N(C)C[C@@H]2C(c1ccccc1)c1ccccc1. The van der Waals surface area contributed by atoms with Gasteiger partial charge in [-0.05, 0) is 16.7 Å². The van der Waals surface area contributed by atoms with Gasteiger partial charge in [-0.1, -0.05) is 91.0 Å². The van der Waals surface area contributed by atoms with Gasteiger partial charge in [0.1, 0.15) is 12.2 Å². The first kappa shape index (κ1) is 25.0. The van der Waals surface area contributed by atoms with Crippen molar-refractivity contribution in [3.63, 3.8) is 0 Å². The van der Waals surface area contributed by atoms with Crippen LogP contribution in [0.1, 0.15) is 49.5 Å². The summed E-state index contributed by atoms with van der Waals surface area (Å²) in [6.45, 7) is 0.429. The summed E-state index contributed by atoms with van der Waals surface area (Å²) in [5.41, 5.74) is 2.19. The topological polar surface area (TPSA) is 77.8 Å². The van der Waals surface area contributed by atoms with Gasteiger partial charge < -0.3 is 18.9 Å². The van der Waals surface area contributed by atoms with Gasteiger partial charge in [-0.3, -0.25) is 9.59 Å². The van der Waals surface area contributed by atoms with Crippen LogP contribution < -0.4 is 10.2 Å². The first-order valence-corrected chi connectivity index (χ1v) is 12.4. The highest BCUT2D eigenvalue weighted by molar-refractivity contribution is 5.98. The fraction of sp³-hybridized carbons (Fsp3) is 0.194. The third-order valence-electron chi connectivity index (χ3n) is 6.89. The minimum Gasteiger partial charge on any atom is -0.483 e. The van der Waals surface area contributed by atoms with Gasteiger partial charge in [-0.25, -0.2) is 4.79 Å².